The summed E-state index contributed by atoms with van der Waals surface area (Å²) < 4.78 is 7.79. The van der Waals surface area contributed by atoms with Crippen LogP contribution in [-0.4, -0.2) is 25.3 Å². The van der Waals surface area contributed by atoms with E-state index in [9.17, 15) is 9.59 Å². The largest absolute Gasteiger partial charge is 0.463 e. The summed E-state index contributed by atoms with van der Waals surface area (Å²) in [6.07, 6.45) is 2.94. The van der Waals surface area contributed by atoms with Gasteiger partial charge in [-0.05, 0) is 24.6 Å². The molecule has 4 rings (SSSR count). The highest BCUT2D eigenvalue weighted by Crippen LogP contribution is 2.18. The summed E-state index contributed by atoms with van der Waals surface area (Å²) in [5, 5.41) is 11.1. The van der Waals surface area contributed by atoms with Crippen molar-refractivity contribution in [2.75, 3.05) is 0 Å². The molecule has 8 heteroatoms. The Morgan fingerprint density at radius 1 is 1.22 bits per heavy atom. The zero-order valence-corrected chi connectivity index (χ0v) is 14.6. The molecule has 0 aliphatic heterocycles. The number of benzene rings is 1. The maximum atomic E-state index is 12.6. The maximum Gasteiger partial charge on any atom is 0.293 e. The van der Waals surface area contributed by atoms with E-state index in [0.29, 0.717) is 23.5 Å². The fourth-order valence-electron chi connectivity index (χ4n) is 2.69. The van der Waals surface area contributed by atoms with Crippen LogP contribution in [0.25, 0.3) is 17.0 Å². The van der Waals surface area contributed by atoms with Crippen LogP contribution in [0.15, 0.2) is 64.3 Å². The van der Waals surface area contributed by atoms with Crippen molar-refractivity contribution in [3.63, 3.8) is 0 Å². The van der Waals surface area contributed by atoms with Crippen LogP contribution >= 0.6 is 0 Å². The summed E-state index contributed by atoms with van der Waals surface area (Å²) in [5.41, 5.74) is 2.60. The Balaban J connectivity index is 1.50. The van der Waals surface area contributed by atoms with Crippen molar-refractivity contribution in [3.05, 3.63) is 76.5 Å². The van der Waals surface area contributed by atoms with E-state index < -0.39 is 5.56 Å². The average molecular weight is 363 g/mol. The number of aromatic nitrogens is 4. The Morgan fingerprint density at radius 2 is 2.04 bits per heavy atom. The van der Waals surface area contributed by atoms with Crippen LogP contribution in [0.5, 0.6) is 0 Å². The normalized spacial score (nSPS) is 11.0. The molecule has 1 N–H and O–H groups in total. The summed E-state index contributed by atoms with van der Waals surface area (Å²) in [7, 11) is 0. The van der Waals surface area contributed by atoms with Gasteiger partial charge in [0.2, 0.25) is 5.91 Å². The van der Waals surface area contributed by atoms with Gasteiger partial charge in [-0.2, -0.15) is 10.2 Å². The van der Waals surface area contributed by atoms with Crippen LogP contribution in [-0.2, 0) is 17.9 Å². The van der Waals surface area contributed by atoms with E-state index in [1.807, 2.05) is 31.2 Å². The number of hydrogen-bond donors (Lipinski definition) is 1. The van der Waals surface area contributed by atoms with Gasteiger partial charge >= 0.3 is 0 Å². The second kappa shape index (κ2) is 6.91. The van der Waals surface area contributed by atoms with Crippen molar-refractivity contribution in [1.29, 1.82) is 0 Å². The third-order valence-electron chi connectivity index (χ3n) is 4.17. The fraction of sp³-hybridized carbons (Fsp3) is 0.158. The predicted molar refractivity (Wildman–Crippen MR) is 98.0 cm³/mol. The predicted octanol–water partition coefficient (Wildman–Crippen LogP) is 1.78. The van der Waals surface area contributed by atoms with Gasteiger partial charge in [0, 0.05) is 12.6 Å². The van der Waals surface area contributed by atoms with E-state index in [0.717, 1.165) is 15.8 Å². The molecular weight excluding hydrogens is 346 g/mol. The standard InChI is InChI=1S/C19H17N5O3/c1-13-4-6-14(7-5-13)10-20-18(25)11-23-19(26)16-9-15(17-3-2-8-27-17)22-24(16)12-21-23/h2-9,12H,10-11H2,1H3,(H,20,25). The van der Waals surface area contributed by atoms with Crippen molar-refractivity contribution in [2.24, 2.45) is 0 Å². The van der Waals surface area contributed by atoms with Crippen molar-refractivity contribution in [3.8, 4) is 11.5 Å². The van der Waals surface area contributed by atoms with Gasteiger partial charge in [-0.25, -0.2) is 9.20 Å². The van der Waals surface area contributed by atoms with Crippen LogP contribution < -0.4 is 10.9 Å². The minimum Gasteiger partial charge on any atom is -0.463 e. The first-order chi connectivity index (χ1) is 13.1. The molecule has 1 aromatic carbocycles. The van der Waals surface area contributed by atoms with Crippen molar-refractivity contribution < 1.29 is 9.21 Å². The first-order valence-corrected chi connectivity index (χ1v) is 8.42. The molecular formula is C19H17N5O3. The Bertz CT molecular complexity index is 1140. The smallest absolute Gasteiger partial charge is 0.293 e. The van der Waals surface area contributed by atoms with Gasteiger partial charge in [0.1, 0.15) is 24.1 Å². The Hall–Kier alpha value is -3.68. The third kappa shape index (κ3) is 3.50. The molecule has 1 amide bonds. The molecule has 0 saturated heterocycles. The van der Waals surface area contributed by atoms with Crippen molar-refractivity contribution >= 4 is 11.4 Å². The van der Waals surface area contributed by atoms with Crippen molar-refractivity contribution in [2.45, 2.75) is 20.0 Å². The molecule has 0 aliphatic carbocycles. The number of carbonyl (C=O) groups excluding carboxylic acids is 1. The highest BCUT2D eigenvalue weighted by Gasteiger charge is 2.13. The molecule has 27 heavy (non-hydrogen) atoms. The molecule has 0 fully saturated rings. The van der Waals surface area contributed by atoms with E-state index in [1.165, 1.54) is 17.1 Å². The molecule has 0 atom stereocenters. The SMILES string of the molecule is Cc1ccc(CNC(=O)Cn2ncn3nc(-c4ccco4)cc3c2=O)cc1. The molecule has 3 heterocycles. The van der Waals surface area contributed by atoms with Crippen LogP contribution in [0.4, 0.5) is 0 Å². The molecule has 0 unspecified atom stereocenters. The second-order valence-electron chi connectivity index (χ2n) is 6.19. The zero-order valence-electron chi connectivity index (χ0n) is 14.6. The van der Waals surface area contributed by atoms with Gasteiger partial charge in [0.25, 0.3) is 5.56 Å². The molecule has 0 radical (unpaired) electrons. The minimum atomic E-state index is -0.395. The van der Waals surface area contributed by atoms with E-state index in [2.05, 4.69) is 15.5 Å². The number of nitrogens with zero attached hydrogens (tertiary/aromatic N) is 4. The van der Waals surface area contributed by atoms with Crippen molar-refractivity contribution in [1.82, 2.24) is 24.7 Å². The van der Waals surface area contributed by atoms with Gasteiger partial charge in [0.15, 0.2) is 5.76 Å². The first-order valence-electron chi connectivity index (χ1n) is 8.42. The lowest BCUT2D eigenvalue weighted by Gasteiger charge is -2.07. The highest BCUT2D eigenvalue weighted by atomic mass is 16.3. The number of amides is 1. The summed E-state index contributed by atoms with van der Waals surface area (Å²) in [5.74, 6) is 0.265. The van der Waals surface area contributed by atoms with Crippen LogP contribution in [0, 0.1) is 6.92 Å². The summed E-state index contributed by atoms with van der Waals surface area (Å²) >= 11 is 0. The maximum absolute atomic E-state index is 12.6. The van der Waals surface area contributed by atoms with Crippen LogP contribution in [0.3, 0.4) is 0 Å². The van der Waals surface area contributed by atoms with Gasteiger partial charge in [-0.3, -0.25) is 9.59 Å². The minimum absolute atomic E-state index is 0.164. The highest BCUT2D eigenvalue weighted by molar-refractivity contribution is 5.75. The average Bonchev–Trinajstić information content (AvgIpc) is 3.33. The lowest BCUT2D eigenvalue weighted by Crippen LogP contribution is -2.34. The number of nitrogens with one attached hydrogen (secondary N) is 1. The van der Waals surface area contributed by atoms with E-state index in [-0.39, 0.29) is 12.5 Å². The van der Waals surface area contributed by atoms with E-state index in [1.54, 1.807) is 18.2 Å². The van der Waals surface area contributed by atoms with E-state index in [4.69, 9.17) is 4.42 Å². The summed E-state index contributed by atoms with van der Waals surface area (Å²) in [6.45, 7) is 2.23. The molecule has 8 nitrogen and oxygen atoms in total. The number of carbonyl (C=O) groups is 1. The van der Waals surface area contributed by atoms with Gasteiger partial charge in [0.05, 0.1) is 6.26 Å². The number of furan rings is 1. The Labute approximate surface area is 154 Å². The van der Waals surface area contributed by atoms with E-state index >= 15 is 0 Å². The lowest BCUT2D eigenvalue weighted by atomic mass is 10.1. The third-order valence-corrected chi connectivity index (χ3v) is 4.17. The monoisotopic (exact) mass is 363 g/mol. The zero-order chi connectivity index (χ0) is 18.8. The molecule has 0 spiro atoms. The first kappa shape index (κ1) is 16.8. The summed E-state index contributed by atoms with van der Waals surface area (Å²) in [6, 6.07) is 13.0. The number of hydrogen-bond acceptors (Lipinski definition) is 5. The molecule has 0 bridgehead atoms. The second-order valence-corrected chi connectivity index (χ2v) is 6.19. The molecule has 3 aromatic heterocycles. The number of aryl methyl sites for hydroxylation is 1. The Kier molecular flexibility index (Phi) is 4.29. The Morgan fingerprint density at radius 3 is 2.78 bits per heavy atom. The fourth-order valence-corrected chi connectivity index (χ4v) is 2.69. The van der Waals surface area contributed by atoms with Gasteiger partial charge < -0.3 is 9.73 Å². The number of rotatable bonds is 5. The van der Waals surface area contributed by atoms with Gasteiger partial charge in [-0.15, -0.1) is 0 Å². The molecule has 0 saturated carbocycles. The van der Waals surface area contributed by atoms with Crippen LogP contribution in [0.1, 0.15) is 11.1 Å². The molecule has 4 aromatic rings. The molecule has 136 valence electrons. The quantitative estimate of drug-likeness (QED) is 0.583. The summed E-state index contributed by atoms with van der Waals surface area (Å²) in [4.78, 5) is 24.8. The lowest BCUT2D eigenvalue weighted by molar-refractivity contribution is -0.122. The van der Waals surface area contributed by atoms with Crippen LogP contribution in [0.2, 0.25) is 0 Å². The van der Waals surface area contributed by atoms with Gasteiger partial charge in [-0.1, -0.05) is 29.8 Å². The molecule has 0 aliphatic rings. The topological polar surface area (TPSA) is 94.4 Å². The number of fused-ring (bicyclic) bond motifs is 1.